The zero-order valence-electron chi connectivity index (χ0n) is 12.6. The third kappa shape index (κ3) is 3.82. The molecule has 1 heterocycles. The minimum absolute atomic E-state index is 0.0368. The highest BCUT2D eigenvalue weighted by atomic mass is 79.9. The average molecular weight is 364 g/mol. The number of nitrogens with zero attached hydrogens (tertiary/aromatic N) is 3. The highest BCUT2D eigenvalue weighted by Crippen LogP contribution is 2.18. The molecule has 116 valence electrons. The van der Waals surface area contributed by atoms with E-state index in [0.717, 1.165) is 10.0 Å². The number of rotatable bonds is 5. The Morgan fingerprint density at radius 1 is 1.14 bits per heavy atom. The molecule has 0 N–H and O–H groups in total. The highest BCUT2D eigenvalue weighted by Gasteiger charge is 2.12. The molecular formula is C16H18BrN3O2. The van der Waals surface area contributed by atoms with Gasteiger partial charge in [-0.3, -0.25) is 9.59 Å². The Bertz CT molecular complexity index is 706. The fraction of sp³-hybridized carbons (Fsp3) is 0.312. The van der Waals surface area contributed by atoms with Gasteiger partial charge in [-0.15, -0.1) is 0 Å². The largest absolute Gasteiger partial charge is 0.342 e. The van der Waals surface area contributed by atoms with Crippen LogP contribution in [0.2, 0.25) is 0 Å². The second-order valence-electron chi connectivity index (χ2n) is 4.79. The Hall–Kier alpha value is -1.95. The predicted octanol–water partition coefficient (Wildman–Crippen LogP) is 2.54. The van der Waals surface area contributed by atoms with Gasteiger partial charge in [-0.1, -0.05) is 28.1 Å². The lowest BCUT2D eigenvalue weighted by Gasteiger charge is -2.18. The summed E-state index contributed by atoms with van der Waals surface area (Å²) in [7, 11) is 0. The van der Waals surface area contributed by atoms with Crippen LogP contribution in [0.5, 0.6) is 0 Å². The third-order valence-electron chi connectivity index (χ3n) is 3.41. The second-order valence-corrected chi connectivity index (χ2v) is 5.70. The summed E-state index contributed by atoms with van der Waals surface area (Å²) >= 11 is 3.38. The zero-order chi connectivity index (χ0) is 16.1. The van der Waals surface area contributed by atoms with Crippen molar-refractivity contribution in [2.75, 3.05) is 13.1 Å². The predicted molar refractivity (Wildman–Crippen MR) is 89.6 cm³/mol. The van der Waals surface area contributed by atoms with Gasteiger partial charge in [-0.25, -0.2) is 4.68 Å². The van der Waals surface area contributed by atoms with Gasteiger partial charge < -0.3 is 4.90 Å². The number of halogens is 1. The number of amides is 1. The van der Waals surface area contributed by atoms with Crippen LogP contribution >= 0.6 is 15.9 Å². The molecule has 1 aromatic heterocycles. The molecular weight excluding hydrogens is 346 g/mol. The first-order chi connectivity index (χ1) is 10.5. The molecule has 0 unspecified atom stereocenters. The molecule has 22 heavy (non-hydrogen) atoms. The smallest absolute Gasteiger partial charge is 0.267 e. The monoisotopic (exact) mass is 363 g/mol. The molecule has 0 aliphatic carbocycles. The van der Waals surface area contributed by atoms with Crippen molar-refractivity contribution in [3.63, 3.8) is 0 Å². The SMILES string of the molecule is CCN(CC)C(=O)Cn1nc(-c2ccc(Br)cc2)ccc1=O. The quantitative estimate of drug-likeness (QED) is 0.819. The van der Waals surface area contributed by atoms with Crippen molar-refractivity contribution in [2.45, 2.75) is 20.4 Å². The molecule has 0 radical (unpaired) electrons. The van der Waals surface area contributed by atoms with Gasteiger partial charge in [-0.2, -0.15) is 5.10 Å². The topological polar surface area (TPSA) is 55.2 Å². The van der Waals surface area contributed by atoms with E-state index >= 15 is 0 Å². The first kappa shape index (κ1) is 16.4. The lowest BCUT2D eigenvalue weighted by atomic mass is 10.1. The molecule has 5 nitrogen and oxygen atoms in total. The van der Waals surface area contributed by atoms with Crippen molar-refractivity contribution in [1.29, 1.82) is 0 Å². The molecule has 0 atom stereocenters. The summed E-state index contributed by atoms with van der Waals surface area (Å²) in [6.45, 7) is 5.03. The van der Waals surface area contributed by atoms with Crippen molar-refractivity contribution in [2.24, 2.45) is 0 Å². The fourth-order valence-electron chi connectivity index (χ4n) is 2.14. The Morgan fingerprint density at radius 2 is 1.77 bits per heavy atom. The Balaban J connectivity index is 2.29. The van der Waals surface area contributed by atoms with Crippen LogP contribution in [0.1, 0.15) is 13.8 Å². The number of likely N-dealkylation sites (N-methyl/N-ethyl adjacent to an activating group) is 1. The second kappa shape index (κ2) is 7.35. The molecule has 0 saturated heterocycles. The van der Waals surface area contributed by atoms with Crippen LogP contribution in [0.15, 0.2) is 45.7 Å². The van der Waals surface area contributed by atoms with Crippen LogP contribution in [0.3, 0.4) is 0 Å². The number of hydrogen-bond donors (Lipinski definition) is 0. The van der Waals surface area contributed by atoms with Gasteiger partial charge in [0, 0.05) is 29.2 Å². The van der Waals surface area contributed by atoms with E-state index in [2.05, 4.69) is 21.0 Å². The van der Waals surface area contributed by atoms with Crippen LogP contribution in [-0.4, -0.2) is 33.7 Å². The number of carbonyl (C=O) groups excluding carboxylic acids is 1. The maximum Gasteiger partial charge on any atom is 0.267 e. The molecule has 0 bridgehead atoms. The lowest BCUT2D eigenvalue weighted by molar-refractivity contribution is -0.131. The number of hydrogen-bond acceptors (Lipinski definition) is 3. The van der Waals surface area contributed by atoms with E-state index in [1.165, 1.54) is 10.7 Å². The summed E-state index contributed by atoms with van der Waals surface area (Å²) < 4.78 is 2.19. The summed E-state index contributed by atoms with van der Waals surface area (Å²) in [5, 5.41) is 4.30. The standard InChI is InChI=1S/C16H18BrN3O2/c1-3-19(4-2)16(22)11-20-15(21)10-9-14(18-20)12-5-7-13(17)8-6-12/h5-10H,3-4,11H2,1-2H3. The molecule has 0 saturated carbocycles. The maximum atomic E-state index is 12.1. The zero-order valence-corrected chi connectivity index (χ0v) is 14.2. The molecule has 1 amide bonds. The van der Waals surface area contributed by atoms with Crippen LogP contribution in [-0.2, 0) is 11.3 Å². The number of carbonyl (C=O) groups is 1. The number of benzene rings is 1. The van der Waals surface area contributed by atoms with Crippen LogP contribution in [0.25, 0.3) is 11.3 Å². The highest BCUT2D eigenvalue weighted by molar-refractivity contribution is 9.10. The molecule has 6 heteroatoms. The summed E-state index contributed by atoms with van der Waals surface area (Å²) in [5.41, 5.74) is 1.29. The van der Waals surface area contributed by atoms with Crippen molar-refractivity contribution in [3.05, 3.63) is 51.2 Å². The normalized spacial score (nSPS) is 10.5. The maximum absolute atomic E-state index is 12.1. The van der Waals surface area contributed by atoms with Gasteiger partial charge >= 0.3 is 0 Å². The first-order valence-electron chi connectivity index (χ1n) is 7.17. The van der Waals surface area contributed by atoms with Gasteiger partial charge in [0.05, 0.1) is 5.69 Å². The minimum Gasteiger partial charge on any atom is -0.342 e. The summed E-state index contributed by atoms with van der Waals surface area (Å²) in [4.78, 5) is 25.7. The van der Waals surface area contributed by atoms with Crippen LogP contribution in [0, 0.1) is 0 Å². The molecule has 0 fully saturated rings. The van der Waals surface area contributed by atoms with Crippen LogP contribution < -0.4 is 5.56 Å². The van der Waals surface area contributed by atoms with E-state index in [1.807, 2.05) is 38.1 Å². The molecule has 2 rings (SSSR count). The molecule has 0 aliphatic rings. The lowest BCUT2D eigenvalue weighted by Crippen LogP contribution is -2.37. The van der Waals surface area contributed by atoms with E-state index in [-0.39, 0.29) is 18.0 Å². The van der Waals surface area contributed by atoms with Crippen LogP contribution in [0.4, 0.5) is 0 Å². The number of aromatic nitrogens is 2. The summed E-state index contributed by atoms with van der Waals surface area (Å²) in [5.74, 6) is -0.104. The van der Waals surface area contributed by atoms with E-state index in [1.54, 1.807) is 11.0 Å². The molecule has 2 aromatic rings. The van der Waals surface area contributed by atoms with Crippen molar-refractivity contribution < 1.29 is 4.79 Å². The summed E-state index contributed by atoms with van der Waals surface area (Å²) in [6.07, 6.45) is 0. The van der Waals surface area contributed by atoms with Gasteiger partial charge in [0.1, 0.15) is 6.54 Å². The molecule has 1 aromatic carbocycles. The van der Waals surface area contributed by atoms with Crippen molar-refractivity contribution in [3.8, 4) is 11.3 Å². The van der Waals surface area contributed by atoms with E-state index in [4.69, 9.17) is 0 Å². The Kier molecular flexibility index (Phi) is 5.49. The van der Waals surface area contributed by atoms with E-state index < -0.39 is 0 Å². The van der Waals surface area contributed by atoms with Gasteiger partial charge in [0.25, 0.3) is 5.56 Å². The van der Waals surface area contributed by atoms with Gasteiger partial charge in [0.2, 0.25) is 5.91 Å². The molecule has 0 spiro atoms. The minimum atomic E-state index is -0.277. The third-order valence-corrected chi connectivity index (χ3v) is 3.94. The average Bonchev–Trinajstić information content (AvgIpc) is 2.51. The molecule has 0 aliphatic heterocycles. The Labute approximate surface area is 137 Å². The van der Waals surface area contributed by atoms with Crippen molar-refractivity contribution in [1.82, 2.24) is 14.7 Å². The fourth-order valence-corrected chi connectivity index (χ4v) is 2.41. The van der Waals surface area contributed by atoms with E-state index in [9.17, 15) is 9.59 Å². The Morgan fingerprint density at radius 3 is 2.36 bits per heavy atom. The van der Waals surface area contributed by atoms with Crippen molar-refractivity contribution >= 4 is 21.8 Å². The van der Waals surface area contributed by atoms with E-state index in [0.29, 0.717) is 18.8 Å². The van der Waals surface area contributed by atoms with Gasteiger partial charge in [0.15, 0.2) is 0 Å². The summed E-state index contributed by atoms with van der Waals surface area (Å²) in [6, 6.07) is 10.8. The van der Waals surface area contributed by atoms with Gasteiger partial charge in [-0.05, 0) is 32.0 Å². The first-order valence-corrected chi connectivity index (χ1v) is 7.96.